The second kappa shape index (κ2) is 17.7. The second-order valence-corrected chi connectivity index (χ2v) is 15.4. The molecule has 4 aromatic carbocycles. The Labute approximate surface area is 298 Å². The highest BCUT2D eigenvalue weighted by Gasteiger charge is 2.48. The molecule has 0 heterocycles. The monoisotopic (exact) mass is 706 g/mol. The van der Waals surface area contributed by atoms with Gasteiger partial charge in [-0.15, -0.1) is 0 Å². The summed E-state index contributed by atoms with van der Waals surface area (Å²) in [7, 11) is 2.36. The topological polar surface area (TPSA) is 21.8 Å². The molecule has 48 heavy (non-hydrogen) atoms. The molecule has 0 amide bonds. The lowest BCUT2D eigenvalue weighted by Crippen LogP contribution is -2.68. The number of nitrogens with one attached hydrogen (secondary N) is 1. The SMILES string of the molecule is CN(Cc1ccccc1)C1CCCCC1N(Cc1ccccc1)C(Br)(CNCc1ccccc1)N(Cc1ccccc1)C1CCCCC1. The molecule has 4 aromatic rings. The van der Waals surface area contributed by atoms with Crippen LogP contribution in [0.3, 0.4) is 0 Å². The summed E-state index contributed by atoms with van der Waals surface area (Å²) in [4.78, 5) is 8.42. The van der Waals surface area contributed by atoms with Gasteiger partial charge in [0.05, 0.1) is 0 Å². The van der Waals surface area contributed by atoms with Gasteiger partial charge in [-0.3, -0.25) is 14.7 Å². The quantitative estimate of drug-likeness (QED) is 0.0755. The molecule has 2 fully saturated rings. The van der Waals surface area contributed by atoms with Crippen molar-refractivity contribution in [1.29, 1.82) is 0 Å². The lowest BCUT2D eigenvalue weighted by atomic mass is 9.86. The van der Waals surface area contributed by atoms with Crippen LogP contribution in [0.25, 0.3) is 0 Å². The third kappa shape index (κ3) is 9.25. The van der Waals surface area contributed by atoms with Crippen LogP contribution < -0.4 is 5.32 Å². The number of halogens is 1. The number of hydrogen-bond donors (Lipinski definition) is 1. The van der Waals surface area contributed by atoms with Crippen LogP contribution in [0.15, 0.2) is 121 Å². The Balaban J connectivity index is 1.41. The Morgan fingerprint density at radius 3 is 1.52 bits per heavy atom. The van der Waals surface area contributed by atoms with E-state index in [0.717, 1.165) is 32.7 Å². The maximum atomic E-state index is 4.69. The Kier molecular flexibility index (Phi) is 12.9. The van der Waals surface area contributed by atoms with Crippen molar-refractivity contribution in [2.75, 3.05) is 13.6 Å². The predicted molar refractivity (Wildman–Crippen MR) is 205 cm³/mol. The van der Waals surface area contributed by atoms with Gasteiger partial charge < -0.3 is 5.32 Å². The van der Waals surface area contributed by atoms with Crippen molar-refractivity contribution in [2.45, 2.75) is 107 Å². The lowest BCUT2D eigenvalue weighted by Gasteiger charge is -2.56. The van der Waals surface area contributed by atoms with Crippen LogP contribution in [0, 0.1) is 0 Å². The van der Waals surface area contributed by atoms with Crippen molar-refractivity contribution in [1.82, 2.24) is 20.0 Å². The smallest absolute Gasteiger partial charge is 0.145 e. The number of hydrogen-bond acceptors (Lipinski definition) is 4. The van der Waals surface area contributed by atoms with Crippen LogP contribution in [-0.2, 0) is 26.2 Å². The second-order valence-electron chi connectivity index (χ2n) is 14.1. The Hall–Kier alpha value is -2.80. The van der Waals surface area contributed by atoms with Crippen molar-refractivity contribution in [3.8, 4) is 0 Å². The zero-order valence-electron chi connectivity index (χ0n) is 28.9. The first-order chi connectivity index (χ1) is 23.6. The van der Waals surface area contributed by atoms with Crippen molar-refractivity contribution in [2.24, 2.45) is 0 Å². The summed E-state index contributed by atoms with van der Waals surface area (Å²) in [5, 5.41) is 3.99. The maximum absolute atomic E-state index is 4.69. The molecule has 4 nitrogen and oxygen atoms in total. The van der Waals surface area contributed by atoms with Crippen LogP contribution in [0.1, 0.15) is 80.0 Å². The van der Waals surface area contributed by atoms with E-state index in [9.17, 15) is 0 Å². The molecule has 0 radical (unpaired) electrons. The molecular formula is C43H55BrN4. The van der Waals surface area contributed by atoms with Gasteiger partial charge in [0.2, 0.25) is 0 Å². The van der Waals surface area contributed by atoms with E-state index in [-0.39, 0.29) is 0 Å². The predicted octanol–water partition coefficient (Wildman–Crippen LogP) is 9.61. The first-order valence-electron chi connectivity index (χ1n) is 18.4. The van der Waals surface area contributed by atoms with Crippen molar-refractivity contribution in [3.05, 3.63) is 144 Å². The van der Waals surface area contributed by atoms with Gasteiger partial charge in [-0.2, -0.15) is 0 Å². The van der Waals surface area contributed by atoms with E-state index < -0.39 is 4.57 Å². The average Bonchev–Trinajstić information content (AvgIpc) is 3.15. The molecule has 0 saturated heterocycles. The molecule has 254 valence electrons. The molecule has 0 bridgehead atoms. The zero-order valence-corrected chi connectivity index (χ0v) is 30.5. The summed E-state index contributed by atoms with van der Waals surface area (Å²) >= 11 is 4.69. The van der Waals surface area contributed by atoms with E-state index in [1.165, 1.54) is 80.0 Å². The van der Waals surface area contributed by atoms with E-state index in [2.05, 4.69) is 148 Å². The molecule has 2 saturated carbocycles. The fourth-order valence-electron chi connectivity index (χ4n) is 8.26. The van der Waals surface area contributed by atoms with Gasteiger partial charge in [0.15, 0.2) is 0 Å². The zero-order chi connectivity index (χ0) is 33.0. The fourth-order valence-corrected chi connectivity index (χ4v) is 9.26. The molecule has 2 aliphatic carbocycles. The number of rotatable bonds is 15. The number of benzene rings is 4. The number of nitrogens with zero attached hydrogens (tertiary/aromatic N) is 3. The highest BCUT2D eigenvalue weighted by molar-refractivity contribution is 9.10. The summed E-state index contributed by atoms with van der Waals surface area (Å²) < 4.78 is -0.399. The average molecular weight is 708 g/mol. The molecule has 3 unspecified atom stereocenters. The molecule has 2 aliphatic rings. The highest BCUT2D eigenvalue weighted by Crippen LogP contribution is 2.42. The van der Waals surface area contributed by atoms with Crippen LogP contribution in [0.4, 0.5) is 0 Å². The van der Waals surface area contributed by atoms with E-state index in [1.807, 2.05) is 0 Å². The third-order valence-electron chi connectivity index (χ3n) is 10.7. The lowest BCUT2D eigenvalue weighted by molar-refractivity contribution is -0.0783. The first kappa shape index (κ1) is 35.0. The number of likely N-dealkylation sites (N-methyl/N-ethyl adjacent to an activating group) is 1. The first-order valence-corrected chi connectivity index (χ1v) is 19.2. The van der Waals surface area contributed by atoms with E-state index >= 15 is 0 Å². The molecule has 1 N–H and O–H groups in total. The van der Waals surface area contributed by atoms with E-state index in [1.54, 1.807) is 0 Å². The normalized spacial score (nSPS) is 20.3. The van der Waals surface area contributed by atoms with Gasteiger partial charge in [0.25, 0.3) is 0 Å². The van der Waals surface area contributed by atoms with E-state index in [0.29, 0.717) is 18.1 Å². The minimum atomic E-state index is -0.399. The maximum Gasteiger partial charge on any atom is 0.145 e. The Morgan fingerprint density at radius 2 is 0.979 bits per heavy atom. The largest absolute Gasteiger partial charge is 0.309 e. The van der Waals surface area contributed by atoms with Crippen LogP contribution in [-0.4, -0.2) is 51.0 Å². The van der Waals surface area contributed by atoms with Crippen molar-refractivity contribution in [3.63, 3.8) is 0 Å². The minimum absolute atomic E-state index is 0.396. The summed E-state index contributed by atoms with van der Waals surface area (Å²) in [6.07, 6.45) is 11.4. The van der Waals surface area contributed by atoms with Gasteiger partial charge in [0, 0.05) is 50.8 Å². The summed E-state index contributed by atoms with van der Waals surface area (Å²) in [5.74, 6) is 0. The molecule has 0 spiro atoms. The molecule has 5 heteroatoms. The Morgan fingerprint density at radius 1 is 0.542 bits per heavy atom. The van der Waals surface area contributed by atoms with Crippen LogP contribution in [0.5, 0.6) is 0 Å². The third-order valence-corrected chi connectivity index (χ3v) is 11.9. The van der Waals surface area contributed by atoms with Crippen molar-refractivity contribution >= 4 is 15.9 Å². The summed E-state index contributed by atoms with van der Waals surface area (Å²) in [5.41, 5.74) is 5.48. The van der Waals surface area contributed by atoms with Crippen molar-refractivity contribution < 1.29 is 0 Å². The van der Waals surface area contributed by atoms with Crippen LogP contribution in [0.2, 0.25) is 0 Å². The Bertz CT molecular complexity index is 1460. The summed E-state index contributed by atoms with van der Waals surface area (Å²) in [6, 6.07) is 45.7. The molecular weight excluding hydrogens is 652 g/mol. The fraction of sp³-hybridized carbons (Fsp3) is 0.442. The molecule has 6 rings (SSSR count). The van der Waals surface area contributed by atoms with Gasteiger partial charge in [-0.1, -0.05) is 153 Å². The molecule has 0 aliphatic heterocycles. The standard InChI is InChI=1S/C43H55BrN4/c1-46(32-37-21-9-3-10-22-37)41-29-17-18-30-42(41)48(34-39-25-13-5-14-26-39)43(44,35-45-31-36-19-7-2-8-20-36)47(40-27-15-6-16-28-40)33-38-23-11-4-12-24-38/h2-5,7-14,19-26,40-42,45H,6,15-18,27-35H2,1H3. The van der Waals surface area contributed by atoms with Crippen LogP contribution >= 0.6 is 15.9 Å². The van der Waals surface area contributed by atoms with Gasteiger partial charge >= 0.3 is 0 Å². The molecule has 0 aromatic heterocycles. The minimum Gasteiger partial charge on any atom is -0.309 e. The highest BCUT2D eigenvalue weighted by atomic mass is 79.9. The van der Waals surface area contributed by atoms with Gasteiger partial charge in [0.1, 0.15) is 4.57 Å². The van der Waals surface area contributed by atoms with Gasteiger partial charge in [-0.05, 0) is 70.9 Å². The van der Waals surface area contributed by atoms with Gasteiger partial charge in [-0.25, -0.2) is 0 Å². The van der Waals surface area contributed by atoms with E-state index in [4.69, 9.17) is 15.9 Å². The molecule has 3 atom stereocenters. The summed E-state index contributed by atoms with van der Waals surface area (Å²) in [6.45, 7) is 4.46. The number of alkyl halides is 1.